The standard InChI is InChI=1S/C10H21N3O4/c1-4-11-9(17)12-8(16)7(2)13-10(3,5-14)6-15/h7,13-15H,4-6H2,1-3H3,(H2,11,12,16,17). The average Bonchev–Trinajstić information content (AvgIpc) is 2.28. The molecule has 0 rings (SSSR count). The molecule has 0 radical (unpaired) electrons. The van der Waals surface area contributed by atoms with Crippen LogP contribution in [-0.2, 0) is 4.79 Å². The van der Waals surface area contributed by atoms with Gasteiger partial charge in [0.05, 0.1) is 24.8 Å². The van der Waals surface area contributed by atoms with E-state index >= 15 is 0 Å². The largest absolute Gasteiger partial charge is 0.394 e. The highest BCUT2D eigenvalue weighted by molar-refractivity contribution is 5.96. The van der Waals surface area contributed by atoms with E-state index in [4.69, 9.17) is 10.2 Å². The topological polar surface area (TPSA) is 111 Å². The van der Waals surface area contributed by atoms with Gasteiger partial charge in [-0.2, -0.15) is 0 Å². The molecular formula is C10H21N3O4. The molecule has 17 heavy (non-hydrogen) atoms. The first-order chi connectivity index (χ1) is 7.88. The summed E-state index contributed by atoms with van der Waals surface area (Å²) in [6, 6.07) is -1.28. The van der Waals surface area contributed by atoms with Crippen LogP contribution in [0.5, 0.6) is 0 Å². The monoisotopic (exact) mass is 247 g/mol. The van der Waals surface area contributed by atoms with Crippen molar-refractivity contribution >= 4 is 11.9 Å². The summed E-state index contributed by atoms with van der Waals surface area (Å²) in [5.74, 6) is -0.524. The Labute approximate surface area is 101 Å². The first-order valence-corrected chi connectivity index (χ1v) is 5.46. The summed E-state index contributed by atoms with van der Waals surface area (Å²) >= 11 is 0. The smallest absolute Gasteiger partial charge is 0.321 e. The average molecular weight is 247 g/mol. The van der Waals surface area contributed by atoms with Gasteiger partial charge in [0, 0.05) is 6.54 Å². The highest BCUT2D eigenvalue weighted by Gasteiger charge is 2.27. The summed E-state index contributed by atoms with van der Waals surface area (Å²) in [5.41, 5.74) is -0.960. The van der Waals surface area contributed by atoms with E-state index in [9.17, 15) is 9.59 Å². The molecule has 0 spiro atoms. The van der Waals surface area contributed by atoms with Crippen molar-refractivity contribution in [3.05, 3.63) is 0 Å². The van der Waals surface area contributed by atoms with Crippen LogP contribution in [0.15, 0.2) is 0 Å². The number of imide groups is 1. The molecule has 0 saturated heterocycles. The number of nitrogens with one attached hydrogen (secondary N) is 3. The number of hydrogen-bond acceptors (Lipinski definition) is 5. The number of aliphatic hydroxyl groups excluding tert-OH is 2. The number of rotatable bonds is 6. The molecule has 0 aromatic heterocycles. The number of urea groups is 1. The maximum atomic E-state index is 11.5. The first-order valence-electron chi connectivity index (χ1n) is 5.46. The molecule has 0 aromatic rings. The molecule has 0 aliphatic heterocycles. The van der Waals surface area contributed by atoms with Crippen molar-refractivity contribution in [2.24, 2.45) is 0 Å². The van der Waals surface area contributed by atoms with Gasteiger partial charge in [0.2, 0.25) is 5.91 Å². The van der Waals surface area contributed by atoms with Crippen molar-refractivity contribution in [3.63, 3.8) is 0 Å². The minimum absolute atomic E-state index is 0.317. The van der Waals surface area contributed by atoms with Gasteiger partial charge in [-0.15, -0.1) is 0 Å². The van der Waals surface area contributed by atoms with E-state index in [2.05, 4.69) is 16.0 Å². The van der Waals surface area contributed by atoms with Crippen molar-refractivity contribution in [1.29, 1.82) is 0 Å². The normalized spacial score (nSPS) is 13.0. The highest BCUT2D eigenvalue weighted by atomic mass is 16.3. The molecule has 0 aliphatic carbocycles. The Balaban J connectivity index is 4.27. The van der Waals surface area contributed by atoms with Gasteiger partial charge in [0.1, 0.15) is 0 Å². The minimum atomic E-state index is -0.960. The number of carbonyl (C=O) groups excluding carboxylic acids is 2. The number of aliphatic hydroxyl groups is 2. The molecule has 0 heterocycles. The van der Waals surface area contributed by atoms with Crippen LogP contribution in [0, 0.1) is 0 Å². The van der Waals surface area contributed by atoms with Crippen LogP contribution < -0.4 is 16.0 Å². The van der Waals surface area contributed by atoms with Crippen LogP contribution >= 0.6 is 0 Å². The molecule has 0 saturated carbocycles. The zero-order chi connectivity index (χ0) is 13.5. The van der Waals surface area contributed by atoms with Crippen molar-refractivity contribution in [1.82, 2.24) is 16.0 Å². The molecule has 7 nitrogen and oxygen atoms in total. The molecule has 0 bridgehead atoms. The van der Waals surface area contributed by atoms with E-state index in [1.54, 1.807) is 13.8 Å². The van der Waals surface area contributed by atoms with Gasteiger partial charge in [-0.25, -0.2) is 4.79 Å². The quantitative estimate of drug-likeness (QED) is 0.394. The summed E-state index contributed by atoms with van der Waals surface area (Å²) in [7, 11) is 0. The lowest BCUT2D eigenvalue weighted by atomic mass is 10.0. The van der Waals surface area contributed by atoms with E-state index in [0.29, 0.717) is 6.54 Å². The Morgan fingerprint density at radius 2 is 1.82 bits per heavy atom. The predicted molar refractivity (Wildman–Crippen MR) is 62.4 cm³/mol. The van der Waals surface area contributed by atoms with Crippen LogP contribution in [0.2, 0.25) is 0 Å². The summed E-state index contributed by atoms with van der Waals surface area (Å²) in [4.78, 5) is 22.6. The molecular weight excluding hydrogens is 226 g/mol. The van der Waals surface area contributed by atoms with E-state index in [-0.39, 0.29) is 13.2 Å². The summed E-state index contributed by atoms with van der Waals surface area (Å²) in [6.45, 7) is 4.64. The van der Waals surface area contributed by atoms with Gasteiger partial charge in [0.15, 0.2) is 0 Å². The summed E-state index contributed by atoms with van der Waals surface area (Å²) in [5, 5.41) is 25.4. The zero-order valence-corrected chi connectivity index (χ0v) is 10.4. The van der Waals surface area contributed by atoms with Crippen molar-refractivity contribution in [2.75, 3.05) is 19.8 Å². The van der Waals surface area contributed by atoms with Crippen LogP contribution in [0.4, 0.5) is 4.79 Å². The molecule has 0 fully saturated rings. The third-order valence-electron chi connectivity index (χ3n) is 2.23. The highest BCUT2D eigenvalue weighted by Crippen LogP contribution is 2.02. The predicted octanol–water partition coefficient (Wildman–Crippen LogP) is -1.45. The van der Waals surface area contributed by atoms with E-state index < -0.39 is 23.5 Å². The van der Waals surface area contributed by atoms with Crippen LogP contribution in [0.25, 0.3) is 0 Å². The van der Waals surface area contributed by atoms with Gasteiger partial charge in [-0.1, -0.05) is 0 Å². The third-order valence-corrected chi connectivity index (χ3v) is 2.23. The molecule has 1 atom stereocenters. The van der Waals surface area contributed by atoms with Gasteiger partial charge in [-0.3, -0.25) is 15.4 Å². The second kappa shape index (κ2) is 7.21. The van der Waals surface area contributed by atoms with Crippen LogP contribution in [0.3, 0.4) is 0 Å². The Kier molecular flexibility index (Phi) is 6.71. The first kappa shape index (κ1) is 15.8. The van der Waals surface area contributed by atoms with Gasteiger partial charge >= 0.3 is 6.03 Å². The molecule has 5 N–H and O–H groups in total. The molecule has 1 unspecified atom stereocenters. The summed E-state index contributed by atoms with van der Waals surface area (Å²) in [6.07, 6.45) is 0. The fraction of sp³-hybridized carbons (Fsp3) is 0.800. The Bertz CT molecular complexity index is 266. The van der Waals surface area contributed by atoms with Gasteiger partial charge in [0.25, 0.3) is 0 Å². The second-order valence-electron chi connectivity index (χ2n) is 4.09. The van der Waals surface area contributed by atoms with Crippen molar-refractivity contribution < 1.29 is 19.8 Å². The molecule has 0 aliphatic rings. The fourth-order valence-electron chi connectivity index (χ4n) is 1.15. The van der Waals surface area contributed by atoms with E-state index in [1.165, 1.54) is 6.92 Å². The minimum Gasteiger partial charge on any atom is -0.394 e. The van der Waals surface area contributed by atoms with E-state index in [0.717, 1.165) is 0 Å². The lowest BCUT2D eigenvalue weighted by Gasteiger charge is -2.29. The van der Waals surface area contributed by atoms with Gasteiger partial charge in [-0.05, 0) is 20.8 Å². The van der Waals surface area contributed by atoms with Crippen molar-refractivity contribution in [3.8, 4) is 0 Å². The molecule has 0 aromatic carbocycles. The van der Waals surface area contributed by atoms with Crippen molar-refractivity contribution in [2.45, 2.75) is 32.4 Å². The Hall–Kier alpha value is -1.18. The molecule has 7 heteroatoms. The second-order valence-corrected chi connectivity index (χ2v) is 4.09. The molecule has 3 amide bonds. The Morgan fingerprint density at radius 1 is 1.29 bits per heavy atom. The molecule has 100 valence electrons. The summed E-state index contributed by atoms with van der Waals surface area (Å²) < 4.78 is 0. The van der Waals surface area contributed by atoms with E-state index in [1.807, 2.05) is 0 Å². The number of amides is 3. The lowest BCUT2D eigenvalue weighted by molar-refractivity contribution is -0.122. The maximum absolute atomic E-state index is 11.5. The fourth-order valence-corrected chi connectivity index (χ4v) is 1.15. The zero-order valence-electron chi connectivity index (χ0n) is 10.4. The van der Waals surface area contributed by atoms with Crippen LogP contribution in [0.1, 0.15) is 20.8 Å². The Morgan fingerprint density at radius 3 is 2.24 bits per heavy atom. The maximum Gasteiger partial charge on any atom is 0.321 e. The SMILES string of the molecule is CCNC(=O)NC(=O)C(C)NC(C)(CO)CO. The van der Waals surface area contributed by atoms with Gasteiger partial charge < -0.3 is 15.5 Å². The van der Waals surface area contributed by atoms with Crippen LogP contribution in [-0.4, -0.2) is 53.5 Å². The number of hydrogen-bond donors (Lipinski definition) is 5. The number of carbonyl (C=O) groups is 2. The third kappa shape index (κ3) is 5.62. The lowest BCUT2D eigenvalue weighted by Crippen LogP contribution is -2.58.